The molecular formula is C25H29F3N4O3. The number of likely N-dealkylation sites (tertiary alicyclic amines) is 1. The number of rotatable bonds is 6. The number of anilines is 2. The Morgan fingerprint density at radius 1 is 1.11 bits per heavy atom. The number of ketones is 1. The van der Waals surface area contributed by atoms with E-state index >= 15 is 0 Å². The Balaban J connectivity index is 1.37. The largest absolute Gasteiger partial charge is 0.383 e. The number of carbonyl (C=O) groups excluding carboxylic acids is 2. The first kappa shape index (κ1) is 24.8. The average Bonchev–Trinajstić information content (AvgIpc) is 2.83. The maximum absolute atomic E-state index is 14.3. The third-order valence-corrected chi connectivity index (χ3v) is 6.99. The second kappa shape index (κ2) is 10.2. The fourth-order valence-corrected chi connectivity index (χ4v) is 4.87. The number of fused-ring (bicyclic) bond motifs is 1. The fraction of sp³-hybridized carbons (Fsp3) is 0.440. The van der Waals surface area contributed by atoms with Crippen LogP contribution in [0.3, 0.4) is 0 Å². The van der Waals surface area contributed by atoms with Gasteiger partial charge in [0.2, 0.25) is 0 Å². The van der Waals surface area contributed by atoms with Crippen molar-refractivity contribution in [3.8, 4) is 0 Å². The van der Waals surface area contributed by atoms with Crippen LogP contribution in [-0.4, -0.2) is 62.7 Å². The summed E-state index contributed by atoms with van der Waals surface area (Å²) >= 11 is 0. The van der Waals surface area contributed by atoms with Gasteiger partial charge in [0, 0.05) is 69.6 Å². The number of hydrogen-bond acceptors (Lipinski definition) is 5. The Morgan fingerprint density at radius 3 is 2.57 bits per heavy atom. The second-order valence-corrected chi connectivity index (χ2v) is 9.03. The summed E-state index contributed by atoms with van der Waals surface area (Å²) in [4.78, 5) is 29.2. The van der Waals surface area contributed by atoms with Gasteiger partial charge in [0.1, 0.15) is 17.5 Å². The molecule has 1 spiro atoms. The zero-order chi connectivity index (χ0) is 25.2. The number of Topliss-reactive ketones (excluding diaryl/α,β-unsaturated/α-hetero) is 1. The van der Waals surface area contributed by atoms with Crippen LogP contribution in [0.1, 0.15) is 35.2 Å². The number of benzene rings is 2. The monoisotopic (exact) mass is 490 g/mol. The van der Waals surface area contributed by atoms with Crippen molar-refractivity contribution in [2.24, 2.45) is 0 Å². The Hall–Kier alpha value is -3.27. The van der Waals surface area contributed by atoms with Gasteiger partial charge >= 0.3 is 6.03 Å². The van der Waals surface area contributed by atoms with Crippen LogP contribution in [-0.2, 0) is 11.3 Å². The molecule has 188 valence electrons. The van der Waals surface area contributed by atoms with Crippen molar-refractivity contribution in [2.75, 3.05) is 50.6 Å². The normalized spacial score (nSPS) is 16.9. The lowest BCUT2D eigenvalue weighted by atomic mass is 9.77. The highest BCUT2D eigenvalue weighted by Gasteiger charge is 2.45. The Bertz CT molecular complexity index is 1120. The van der Waals surface area contributed by atoms with Gasteiger partial charge in [-0.2, -0.15) is 0 Å². The van der Waals surface area contributed by atoms with E-state index in [4.69, 9.17) is 4.74 Å². The molecule has 1 fully saturated rings. The molecule has 0 aromatic heterocycles. The molecular weight excluding hydrogens is 461 g/mol. The van der Waals surface area contributed by atoms with Gasteiger partial charge in [-0.15, -0.1) is 0 Å². The van der Waals surface area contributed by atoms with E-state index in [1.165, 1.54) is 25.3 Å². The minimum absolute atomic E-state index is 0.0944. The minimum atomic E-state index is -0.741. The molecule has 0 radical (unpaired) electrons. The summed E-state index contributed by atoms with van der Waals surface area (Å²) in [7, 11) is 3.42. The summed E-state index contributed by atoms with van der Waals surface area (Å²) in [5.74, 6) is -2.00. The lowest BCUT2D eigenvalue weighted by Gasteiger charge is -2.50. The molecule has 35 heavy (non-hydrogen) atoms. The number of hydrogen-bond donors (Lipinski definition) is 2. The molecule has 7 nitrogen and oxygen atoms in total. The van der Waals surface area contributed by atoms with Gasteiger partial charge in [0.15, 0.2) is 5.78 Å². The third-order valence-electron chi connectivity index (χ3n) is 6.99. The molecule has 2 aliphatic rings. The zero-order valence-electron chi connectivity index (χ0n) is 19.8. The molecule has 0 bridgehead atoms. The number of halogens is 3. The van der Waals surface area contributed by atoms with Crippen LogP contribution < -0.4 is 15.5 Å². The summed E-state index contributed by atoms with van der Waals surface area (Å²) in [6.07, 6.45) is 1.39. The second-order valence-electron chi connectivity index (χ2n) is 9.03. The predicted octanol–water partition coefficient (Wildman–Crippen LogP) is 3.93. The van der Waals surface area contributed by atoms with E-state index < -0.39 is 23.0 Å². The maximum atomic E-state index is 14.3. The average molecular weight is 491 g/mol. The minimum Gasteiger partial charge on any atom is -0.383 e. The number of piperidine rings is 1. The van der Waals surface area contributed by atoms with Crippen molar-refractivity contribution in [1.29, 1.82) is 0 Å². The van der Waals surface area contributed by atoms with E-state index in [9.17, 15) is 22.8 Å². The highest BCUT2D eigenvalue weighted by Crippen LogP contribution is 2.42. The molecule has 0 saturated carbocycles. The summed E-state index contributed by atoms with van der Waals surface area (Å²) in [5.41, 5.74) is 0.940. The summed E-state index contributed by atoms with van der Waals surface area (Å²) in [6.45, 7) is 1.45. The SMILES string of the molecule is COCCNc1cc(CNC(=O)N2CCC3(CC2)CC(=O)c2cc(F)ccc2N3C)c(F)cc1F. The number of nitrogens with zero attached hydrogens (tertiary/aromatic N) is 2. The van der Waals surface area contributed by atoms with Crippen molar-refractivity contribution in [3.63, 3.8) is 0 Å². The molecule has 2 amide bonds. The van der Waals surface area contributed by atoms with Crippen LogP contribution in [0.25, 0.3) is 0 Å². The lowest BCUT2D eigenvalue weighted by molar-refractivity contribution is 0.0890. The van der Waals surface area contributed by atoms with Crippen molar-refractivity contribution in [2.45, 2.75) is 31.3 Å². The van der Waals surface area contributed by atoms with Gasteiger partial charge in [-0.25, -0.2) is 18.0 Å². The summed E-state index contributed by atoms with van der Waals surface area (Å²) < 4.78 is 46.8. The molecule has 2 N–H and O–H groups in total. The number of ether oxygens (including phenoxy) is 1. The summed E-state index contributed by atoms with van der Waals surface area (Å²) in [5, 5.41) is 5.55. The first-order valence-electron chi connectivity index (χ1n) is 11.5. The fourth-order valence-electron chi connectivity index (χ4n) is 4.87. The van der Waals surface area contributed by atoms with Crippen LogP contribution >= 0.6 is 0 Å². The molecule has 2 aromatic carbocycles. The molecule has 10 heteroatoms. The third kappa shape index (κ3) is 5.07. The molecule has 0 aliphatic carbocycles. The summed E-state index contributed by atoms with van der Waals surface area (Å²) in [6, 6.07) is 6.02. The molecule has 1 saturated heterocycles. The van der Waals surface area contributed by atoms with Crippen molar-refractivity contribution in [3.05, 3.63) is 58.9 Å². The van der Waals surface area contributed by atoms with E-state index in [-0.39, 0.29) is 36.0 Å². The van der Waals surface area contributed by atoms with E-state index in [2.05, 4.69) is 10.6 Å². The van der Waals surface area contributed by atoms with Gasteiger partial charge in [0.05, 0.1) is 17.8 Å². The van der Waals surface area contributed by atoms with Crippen LogP contribution in [0.5, 0.6) is 0 Å². The van der Waals surface area contributed by atoms with Crippen molar-refractivity contribution in [1.82, 2.24) is 10.2 Å². The molecule has 0 unspecified atom stereocenters. The van der Waals surface area contributed by atoms with E-state index in [1.807, 2.05) is 11.9 Å². The van der Waals surface area contributed by atoms with Gasteiger partial charge in [-0.3, -0.25) is 4.79 Å². The highest BCUT2D eigenvalue weighted by atomic mass is 19.1. The topological polar surface area (TPSA) is 73.9 Å². The molecule has 2 aromatic rings. The van der Waals surface area contributed by atoms with E-state index in [0.29, 0.717) is 50.3 Å². The first-order valence-corrected chi connectivity index (χ1v) is 11.5. The lowest BCUT2D eigenvalue weighted by Crippen LogP contribution is -2.59. The standard InChI is InChI=1S/C25H29F3N4O3/c1-31-22-4-3-17(26)12-18(22)23(33)14-25(31)5-8-32(9-6-25)24(34)30-15-16-11-21(29-7-10-35-2)20(28)13-19(16)27/h3-4,11-13,29H,5-10,14-15H2,1-2H3,(H,30,34). The smallest absolute Gasteiger partial charge is 0.317 e. The van der Waals surface area contributed by atoms with Crippen LogP contribution in [0, 0.1) is 17.5 Å². The number of methoxy groups -OCH3 is 1. The molecule has 2 aliphatic heterocycles. The Morgan fingerprint density at radius 2 is 1.86 bits per heavy atom. The van der Waals surface area contributed by atoms with Crippen LogP contribution in [0.15, 0.2) is 30.3 Å². The van der Waals surface area contributed by atoms with Gasteiger partial charge < -0.3 is 25.2 Å². The van der Waals surface area contributed by atoms with E-state index in [0.717, 1.165) is 6.07 Å². The van der Waals surface area contributed by atoms with Crippen molar-refractivity contribution >= 4 is 23.2 Å². The highest BCUT2D eigenvalue weighted by molar-refractivity contribution is 6.04. The van der Waals surface area contributed by atoms with E-state index in [1.54, 1.807) is 11.0 Å². The Kier molecular flexibility index (Phi) is 7.20. The number of carbonyl (C=O) groups is 2. The molecule has 2 heterocycles. The molecule has 0 atom stereocenters. The quantitative estimate of drug-likeness (QED) is 0.601. The van der Waals surface area contributed by atoms with Gasteiger partial charge in [0.25, 0.3) is 0 Å². The van der Waals surface area contributed by atoms with Crippen LogP contribution in [0.4, 0.5) is 29.3 Å². The number of nitrogens with one attached hydrogen (secondary N) is 2. The van der Waals surface area contributed by atoms with Gasteiger partial charge in [-0.05, 0) is 37.1 Å². The Labute approximate surface area is 202 Å². The number of amides is 2. The van der Waals surface area contributed by atoms with Crippen LogP contribution in [0.2, 0.25) is 0 Å². The maximum Gasteiger partial charge on any atom is 0.317 e. The van der Waals surface area contributed by atoms with Crippen molar-refractivity contribution < 1.29 is 27.5 Å². The number of urea groups is 1. The molecule has 4 rings (SSSR count). The first-order chi connectivity index (χ1) is 16.7. The predicted molar refractivity (Wildman–Crippen MR) is 126 cm³/mol. The van der Waals surface area contributed by atoms with Gasteiger partial charge in [-0.1, -0.05) is 0 Å². The zero-order valence-corrected chi connectivity index (χ0v) is 19.8.